The number of hydrogen-bond acceptors (Lipinski definition) is 9. The average molecular weight is 504 g/mol. The van der Waals surface area contributed by atoms with Gasteiger partial charge in [-0.25, -0.2) is 4.79 Å². The second-order valence-electron chi connectivity index (χ2n) is 7.43. The van der Waals surface area contributed by atoms with Crippen molar-refractivity contribution in [3.8, 4) is 5.75 Å². The summed E-state index contributed by atoms with van der Waals surface area (Å²) < 4.78 is 12.5. The van der Waals surface area contributed by atoms with E-state index >= 15 is 0 Å². The number of nitrogens with zero attached hydrogens (tertiary/aromatic N) is 3. The van der Waals surface area contributed by atoms with Crippen molar-refractivity contribution >= 4 is 45.9 Å². The van der Waals surface area contributed by atoms with E-state index in [1.165, 1.54) is 18.9 Å². The van der Waals surface area contributed by atoms with Gasteiger partial charge < -0.3 is 25.1 Å². The molecule has 0 aliphatic rings. The van der Waals surface area contributed by atoms with Crippen LogP contribution in [-0.2, 0) is 16.6 Å². The number of carbonyl (C=O) groups excluding carboxylic acids is 3. The molecular weight excluding hydrogens is 478 g/mol. The maximum atomic E-state index is 12.6. The lowest BCUT2D eigenvalue weighted by atomic mass is 10.1. The first-order valence-corrected chi connectivity index (χ1v) is 12.0. The van der Waals surface area contributed by atoms with Crippen molar-refractivity contribution in [1.82, 2.24) is 14.8 Å². The number of thioether (sulfide) groups is 1. The fourth-order valence-electron chi connectivity index (χ4n) is 3.16. The highest BCUT2D eigenvalue weighted by atomic mass is 32.2. The molecular formula is C22H25N5O5S2. The Balaban J connectivity index is 1.66. The largest absolute Gasteiger partial charge is 0.483 e. The summed E-state index contributed by atoms with van der Waals surface area (Å²) in [5, 5.41) is 11.8. The number of esters is 1. The first kappa shape index (κ1) is 25.2. The number of primary amides is 1. The van der Waals surface area contributed by atoms with E-state index in [9.17, 15) is 14.4 Å². The maximum Gasteiger partial charge on any atom is 0.341 e. The molecule has 1 unspecified atom stereocenters. The van der Waals surface area contributed by atoms with Crippen molar-refractivity contribution < 1.29 is 23.9 Å². The first-order valence-electron chi connectivity index (χ1n) is 10.2. The Morgan fingerprint density at radius 2 is 1.88 bits per heavy atom. The number of carbonyl (C=O) groups is 3. The zero-order valence-electron chi connectivity index (χ0n) is 19.4. The number of hydrogen-bond donors (Lipinski definition) is 2. The second-order valence-corrected chi connectivity index (χ2v) is 9.39. The zero-order valence-corrected chi connectivity index (χ0v) is 21.0. The summed E-state index contributed by atoms with van der Waals surface area (Å²) in [6, 6.07) is 7.71. The van der Waals surface area contributed by atoms with E-state index in [-0.39, 0.29) is 33.2 Å². The molecule has 1 atom stereocenters. The molecule has 180 valence electrons. The Kier molecular flexibility index (Phi) is 7.94. The quantitative estimate of drug-likeness (QED) is 0.335. The third-order valence-electron chi connectivity index (χ3n) is 4.91. The Morgan fingerprint density at radius 3 is 2.50 bits per heavy atom. The standard InChI is InChI=1S/C22H25N5O5S2/c1-11-6-8-14(9-7-11)32-13(3)19-25-26-22(27(19)4)33-10-15(28)24-20-16(21(30)31-5)12(2)17(34-20)18(23)29/h6-9,13H,10H2,1-5H3,(H2,23,29)(H,24,28). The number of amides is 2. The monoisotopic (exact) mass is 503 g/mol. The average Bonchev–Trinajstić information content (AvgIpc) is 3.32. The number of ether oxygens (including phenoxy) is 2. The van der Waals surface area contributed by atoms with Gasteiger partial charge in [0.2, 0.25) is 5.91 Å². The van der Waals surface area contributed by atoms with Gasteiger partial charge in [0, 0.05) is 7.05 Å². The zero-order chi connectivity index (χ0) is 25.0. The molecule has 1 aromatic carbocycles. The van der Waals surface area contributed by atoms with Crippen LogP contribution in [0.3, 0.4) is 0 Å². The molecule has 0 aliphatic heterocycles. The fourth-order valence-corrected chi connectivity index (χ4v) is 4.94. The van der Waals surface area contributed by atoms with E-state index in [0.717, 1.165) is 22.6 Å². The molecule has 0 bridgehead atoms. The number of rotatable bonds is 9. The fraction of sp³-hybridized carbons (Fsp3) is 0.318. The van der Waals surface area contributed by atoms with Crippen LogP contribution in [0, 0.1) is 13.8 Å². The van der Waals surface area contributed by atoms with Crippen LogP contribution in [-0.4, -0.2) is 45.4 Å². The van der Waals surface area contributed by atoms with Gasteiger partial charge in [-0.1, -0.05) is 29.5 Å². The highest BCUT2D eigenvalue weighted by Gasteiger charge is 2.25. The summed E-state index contributed by atoms with van der Waals surface area (Å²) in [6.07, 6.45) is -0.354. The second kappa shape index (κ2) is 10.7. The lowest BCUT2D eigenvalue weighted by Crippen LogP contribution is -2.16. The van der Waals surface area contributed by atoms with E-state index in [2.05, 4.69) is 15.5 Å². The summed E-state index contributed by atoms with van der Waals surface area (Å²) in [7, 11) is 3.02. The molecule has 34 heavy (non-hydrogen) atoms. The first-order chi connectivity index (χ1) is 16.1. The molecule has 2 aromatic heterocycles. The summed E-state index contributed by atoms with van der Waals surface area (Å²) in [5.74, 6) is -0.404. The minimum absolute atomic E-state index is 0.00262. The number of thiophene rings is 1. The number of methoxy groups -OCH3 is 1. The van der Waals surface area contributed by atoms with Crippen LogP contribution in [0.4, 0.5) is 5.00 Å². The molecule has 2 amide bonds. The number of aryl methyl sites for hydroxylation is 1. The number of nitrogens with two attached hydrogens (primary N) is 1. The number of nitrogens with one attached hydrogen (secondary N) is 1. The smallest absolute Gasteiger partial charge is 0.341 e. The molecule has 0 saturated carbocycles. The van der Waals surface area contributed by atoms with Crippen LogP contribution >= 0.6 is 23.1 Å². The van der Waals surface area contributed by atoms with Crippen LogP contribution in [0.5, 0.6) is 5.75 Å². The van der Waals surface area contributed by atoms with Crippen LogP contribution in [0.1, 0.15) is 50.0 Å². The lowest BCUT2D eigenvalue weighted by Gasteiger charge is -2.14. The molecule has 10 nitrogen and oxygen atoms in total. The van der Waals surface area contributed by atoms with Crippen molar-refractivity contribution in [3.63, 3.8) is 0 Å². The highest BCUT2D eigenvalue weighted by molar-refractivity contribution is 7.99. The minimum Gasteiger partial charge on any atom is -0.483 e. The molecule has 0 saturated heterocycles. The number of anilines is 1. The van der Waals surface area contributed by atoms with Gasteiger partial charge in [-0.3, -0.25) is 9.59 Å². The molecule has 3 N–H and O–H groups in total. The van der Waals surface area contributed by atoms with Crippen molar-refractivity contribution in [3.05, 3.63) is 51.7 Å². The SMILES string of the molecule is COC(=O)c1c(NC(=O)CSc2nnc(C(C)Oc3ccc(C)cc3)n2C)sc(C(N)=O)c1C. The van der Waals surface area contributed by atoms with Crippen LogP contribution < -0.4 is 15.8 Å². The van der Waals surface area contributed by atoms with Gasteiger partial charge in [0.25, 0.3) is 5.91 Å². The van der Waals surface area contributed by atoms with Crippen LogP contribution in [0.2, 0.25) is 0 Å². The van der Waals surface area contributed by atoms with E-state index in [4.69, 9.17) is 15.2 Å². The topological polar surface area (TPSA) is 138 Å². The lowest BCUT2D eigenvalue weighted by molar-refractivity contribution is -0.113. The predicted octanol–water partition coefficient (Wildman–Crippen LogP) is 3.25. The summed E-state index contributed by atoms with van der Waals surface area (Å²) >= 11 is 2.11. The highest BCUT2D eigenvalue weighted by Crippen LogP contribution is 2.33. The van der Waals surface area contributed by atoms with Gasteiger partial charge in [-0.15, -0.1) is 21.5 Å². The van der Waals surface area contributed by atoms with Gasteiger partial charge in [-0.2, -0.15) is 0 Å². The van der Waals surface area contributed by atoms with E-state index in [0.29, 0.717) is 16.5 Å². The maximum absolute atomic E-state index is 12.6. The van der Waals surface area contributed by atoms with Gasteiger partial charge in [-0.05, 0) is 38.5 Å². The van der Waals surface area contributed by atoms with E-state index in [1.54, 1.807) is 18.5 Å². The Hall–Kier alpha value is -3.38. The molecule has 12 heteroatoms. The van der Waals surface area contributed by atoms with Crippen LogP contribution in [0.15, 0.2) is 29.4 Å². The summed E-state index contributed by atoms with van der Waals surface area (Å²) in [6.45, 7) is 5.45. The Bertz CT molecular complexity index is 1220. The summed E-state index contributed by atoms with van der Waals surface area (Å²) in [5.41, 5.74) is 7.00. The molecule has 2 heterocycles. The van der Waals surface area contributed by atoms with E-state index < -0.39 is 11.9 Å². The molecule has 3 rings (SSSR count). The van der Waals surface area contributed by atoms with E-state index in [1.807, 2.05) is 38.1 Å². The van der Waals surface area contributed by atoms with Crippen molar-refractivity contribution in [2.24, 2.45) is 12.8 Å². The minimum atomic E-state index is -0.684. The number of benzene rings is 1. The molecule has 3 aromatic rings. The Morgan fingerprint density at radius 1 is 1.21 bits per heavy atom. The molecule has 0 aliphatic carbocycles. The van der Waals surface area contributed by atoms with Crippen molar-refractivity contribution in [2.75, 3.05) is 18.2 Å². The van der Waals surface area contributed by atoms with Crippen LogP contribution in [0.25, 0.3) is 0 Å². The van der Waals surface area contributed by atoms with Crippen molar-refractivity contribution in [2.45, 2.75) is 32.0 Å². The molecule has 0 fully saturated rings. The predicted molar refractivity (Wildman–Crippen MR) is 129 cm³/mol. The summed E-state index contributed by atoms with van der Waals surface area (Å²) in [4.78, 5) is 36.6. The van der Waals surface area contributed by atoms with Gasteiger partial charge in [0.1, 0.15) is 10.8 Å². The van der Waals surface area contributed by atoms with Gasteiger partial charge in [0.05, 0.1) is 23.3 Å². The third kappa shape index (κ3) is 5.57. The Labute approximate surface area is 204 Å². The third-order valence-corrected chi connectivity index (χ3v) is 7.15. The van der Waals surface area contributed by atoms with Gasteiger partial charge >= 0.3 is 5.97 Å². The molecule has 0 spiro atoms. The number of aromatic nitrogens is 3. The normalized spacial score (nSPS) is 11.7. The van der Waals surface area contributed by atoms with Gasteiger partial charge in [0.15, 0.2) is 17.1 Å². The molecule has 0 radical (unpaired) electrons. The van der Waals surface area contributed by atoms with Crippen molar-refractivity contribution in [1.29, 1.82) is 0 Å².